The predicted octanol–water partition coefficient (Wildman–Crippen LogP) is 1.29. The van der Waals surface area contributed by atoms with E-state index in [-0.39, 0.29) is 0 Å². The van der Waals surface area contributed by atoms with Crippen LogP contribution in [-0.2, 0) is 10.8 Å². The summed E-state index contributed by atoms with van der Waals surface area (Å²) in [6.45, 7) is 3.23. The monoisotopic (exact) mass is 189 g/mol. The molecule has 1 N–H and O–H groups in total. The van der Waals surface area contributed by atoms with Gasteiger partial charge in [0.15, 0.2) is 0 Å². The van der Waals surface area contributed by atoms with Gasteiger partial charge < -0.3 is 5.32 Å². The molecule has 3 heteroatoms. The fourth-order valence-electron chi connectivity index (χ4n) is 1.89. The van der Waals surface area contributed by atoms with E-state index in [1.165, 1.54) is 19.3 Å². The summed E-state index contributed by atoms with van der Waals surface area (Å²) in [6.07, 6.45) is 6.59. The van der Waals surface area contributed by atoms with E-state index >= 15 is 0 Å². The molecule has 2 nitrogen and oxygen atoms in total. The molecule has 0 aromatic carbocycles. The Morgan fingerprint density at radius 1 is 1.50 bits per heavy atom. The molecule has 0 radical (unpaired) electrons. The summed E-state index contributed by atoms with van der Waals surface area (Å²) in [5, 5.41) is 3.88. The highest BCUT2D eigenvalue weighted by molar-refractivity contribution is 7.85. The van der Waals surface area contributed by atoms with Gasteiger partial charge in [0.1, 0.15) is 0 Å². The third-order valence-corrected chi connectivity index (χ3v) is 3.95. The molecule has 0 saturated heterocycles. The Labute approximate surface area is 77.6 Å². The number of rotatable bonds is 4. The van der Waals surface area contributed by atoms with E-state index in [1.54, 1.807) is 0 Å². The molecule has 3 atom stereocenters. The van der Waals surface area contributed by atoms with E-state index in [0.29, 0.717) is 11.3 Å². The van der Waals surface area contributed by atoms with E-state index in [2.05, 4.69) is 12.2 Å². The second-order valence-electron chi connectivity index (χ2n) is 3.53. The van der Waals surface area contributed by atoms with Crippen LogP contribution >= 0.6 is 0 Å². The molecule has 3 unspecified atom stereocenters. The normalized spacial score (nSPS) is 32.2. The molecule has 1 aliphatic carbocycles. The minimum absolute atomic E-state index is 0.413. The second-order valence-corrected chi connectivity index (χ2v) is 5.13. The third-order valence-electron chi connectivity index (χ3n) is 2.54. The van der Waals surface area contributed by atoms with E-state index < -0.39 is 10.8 Å². The number of hydrogen-bond donors (Lipinski definition) is 1. The topological polar surface area (TPSA) is 29.1 Å². The maximum Gasteiger partial charge on any atom is 0.0498 e. The highest BCUT2D eigenvalue weighted by atomic mass is 32.2. The maximum atomic E-state index is 11.3. The molecular formula is C9H19NOS. The molecule has 1 saturated carbocycles. The number of hydrogen-bond acceptors (Lipinski definition) is 2. The summed E-state index contributed by atoms with van der Waals surface area (Å²) in [4.78, 5) is 0. The van der Waals surface area contributed by atoms with Crippen molar-refractivity contribution < 1.29 is 4.21 Å². The molecule has 1 fully saturated rings. The van der Waals surface area contributed by atoms with Gasteiger partial charge in [-0.15, -0.1) is 0 Å². The van der Waals surface area contributed by atoms with Crippen LogP contribution in [0.1, 0.15) is 32.6 Å². The Morgan fingerprint density at radius 2 is 2.25 bits per heavy atom. The van der Waals surface area contributed by atoms with Gasteiger partial charge in [-0.3, -0.25) is 4.21 Å². The van der Waals surface area contributed by atoms with Crippen molar-refractivity contribution in [3.63, 3.8) is 0 Å². The summed E-state index contributed by atoms with van der Waals surface area (Å²) in [6, 6.07) is 0.524. The first-order valence-corrected chi connectivity index (χ1v) is 6.43. The lowest BCUT2D eigenvalue weighted by Crippen LogP contribution is -2.38. The Hall–Kier alpha value is 0.110. The Bertz CT molecular complexity index is 161. The first-order valence-electron chi connectivity index (χ1n) is 4.81. The van der Waals surface area contributed by atoms with Gasteiger partial charge in [0, 0.05) is 28.3 Å². The molecule has 1 aliphatic rings. The van der Waals surface area contributed by atoms with Gasteiger partial charge >= 0.3 is 0 Å². The maximum absolute atomic E-state index is 11.3. The first-order chi connectivity index (χ1) is 5.75. The molecular weight excluding hydrogens is 170 g/mol. The van der Waals surface area contributed by atoms with E-state index in [0.717, 1.165) is 13.0 Å². The summed E-state index contributed by atoms with van der Waals surface area (Å²) in [5.74, 6) is 0. The van der Waals surface area contributed by atoms with Crippen LogP contribution in [-0.4, -0.2) is 28.3 Å². The zero-order valence-corrected chi connectivity index (χ0v) is 8.82. The van der Waals surface area contributed by atoms with Crippen molar-refractivity contribution in [2.75, 3.05) is 12.8 Å². The molecule has 0 bridgehead atoms. The van der Waals surface area contributed by atoms with Crippen molar-refractivity contribution in [1.82, 2.24) is 5.32 Å². The smallest absolute Gasteiger partial charge is 0.0498 e. The molecule has 0 spiro atoms. The average Bonchev–Trinajstić information content (AvgIpc) is 2.48. The fourth-order valence-corrected chi connectivity index (χ4v) is 3.08. The standard InChI is InChI=1S/C9H19NOS/c1-3-7-10-8-5-4-6-9(8)12(2)11/h8-10H,3-7H2,1-2H3. The lowest BCUT2D eigenvalue weighted by molar-refractivity contribution is 0.524. The Balaban J connectivity index is 2.35. The summed E-state index contributed by atoms with van der Waals surface area (Å²) < 4.78 is 11.3. The van der Waals surface area contributed by atoms with Crippen molar-refractivity contribution in [2.45, 2.75) is 43.9 Å². The van der Waals surface area contributed by atoms with Crippen LogP contribution in [0, 0.1) is 0 Å². The van der Waals surface area contributed by atoms with E-state index in [1.807, 2.05) is 6.26 Å². The minimum atomic E-state index is -0.637. The molecule has 1 rings (SSSR count). The van der Waals surface area contributed by atoms with Crippen molar-refractivity contribution in [3.05, 3.63) is 0 Å². The quantitative estimate of drug-likeness (QED) is 0.722. The van der Waals surface area contributed by atoms with Crippen LogP contribution in [0.15, 0.2) is 0 Å². The average molecular weight is 189 g/mol. The third kappa shape index (κ3) is 2.56. The second kappa shape index (κ2) is 4.97. The first kappa shape index (κ1) is 10.2. The van der Waals surface area contributed by atoms with Gasteiger partial charge in [0.2, 0.25) is 0 Å². The summed E-state index contributed by atoms with van der Waals surface area (Å²) in [7, 11) is -0.637. The molecule has 0 aromatic rings. The van der Waals surface area contributed by atoms with Crippen molar-refractivity contribution >= 4 is 10.8 Å². The van der Waals surface area contributed by atoms with Gasteiger partial charge in [0.25, 0.3) is 0 Å². The zero-order valence-electron chi connectivity index (χ0n) is 8.01. The van der Waals surface area contributed by atoms with Gasteiger partial charge in [-0.05, 0) is 25.8 Å². The van der Waals surface area contributed by atoms with Crippen molar-refractivity contribution in [2.24, 2.45) is 0 Å². The van der Waals surface area contributed by atoms with Gasteiger partial charge in [0.05, 0.1) is 0 Å². The lowest BCUT2D eigenvalue weighted by atomic mass is 10.2. The number of nitrogens with one attached hydrogen (secondary N) is 1. The minimum Gasteiger partial charge on any atom is -0.313 e. The molecule has 12 heavy (non-hydrogen) atoms. The summed E-state index contributed by atoms with van der Waals surface area (Å²) >= 11 is 0. The van der Waals surface area contributed by atoms with Crippen LogP contribution in [0.2, 0.25) is 0 Å². The van der Waals surface area contributed by atoms with Crippen LogP contribution < -0.4 is 5.32 Å². The van der Waals surface area contributed by atoms with E-state index in [4.69, 9.17) is 0 Å². The summed E-state index contributed by atoms with van der Waals surface area (Å²) in [5.41, 5.74) is 0. The zero-order chi connectivity index (χ0) is 8.97. The highest BCUT2D eigenvalue weighted by Gasteiger charge is 2.29. The fraction of sp³-hybridized carbons (Fsp3) is 1.00. The largest absolute Gasteiger partial charge is 0.313 e. The highest BCUT2D eigenvalue weighted by Crippen LogP contribution is 2.22. The molecule has 0 amide bonds. The van der Waals surface area contributed by atoms with Crippen LogP contribution in [0.4, 0.5) is 0 Å². The molecule has 0 aliphatic heterocycles. The Kier molecular flexibility index (Phi) is 4.22. The SMILES string of the molecule is CCCNC1CCCC1S(C)=O. The van der Waals surface area contributed by atoms with Crippen molar-refractivity contribution in [1.29, 1.82) is 0 Å². The van der Waals surface area contributed by atoms with Gasteiger partial charge in [-0.1, -0.05) is 13.3 Å². The van der Waals surface area contributed by atoms with Crippen LogP contribution in [0.5, 0.6) is 0 Å². The van der Waals surface area contributed by atoms with Gasteiger partial charge in [-0.25, -0.2) is 0 Å². The van der Waals surface area contributed by atoms with Gasteiger partial charge in [-0.2, -0.15) is 0 Å². The molecule has 0 heterocycles. The van der Waals surface area contributed by atoms with E-state index in [9.17, 15) is 4.21 Å². The molecule has 0 aromatic heterocycles. The Morgan fingerprint density at radius 3 is 2.83 bits per heavy atom. The predicted molar refractivity (Wildman–Crippen MR) is 53.8 cm³/mol. The van der Waals surface area contributed by atoms with Crippen LogP contribution in [0.25, 0.3) is 0 Å². The lowest BCUT2D eigenvalue weighted by Gasteiger charge is -2.18. The van der Waals surface area contributed by atoms with Crippen molar-refractivity contribution in [3.8, 4) is 0 Å². The molecule has 72 valence electrons. The van der Waals surface area contributed by atoms with Crippen LogP contribution in [0.3, 0.4) is 0 Å².